The van der Waals surface area contributed by atoms with Crippen LogP contribution in [0.5, 0.6) is 0 Å². The first-order chi connectivity index (χ1) is 9.85. The van der Waals surface area contributed by atoms with E-state index in [9.17, 15) is 0 Å². The lowest BCUT2D eigenvalue weighted by molar-refractivity contribution is 0.583. The summed E-state index contributed by atoms with van der Waals surface area (Å²) in [6, 6.07) is 8.08. The molecule has 0 aliphatic carbocycles. The Balaban J connectivity index is 2.24. The van der Waals surface area contributed by atoms with Crippen LogP contribution in [0.4, 0.5) is 5.82 Å². The number of aryl methyl sites for hydroxylation is 1. The average Bonchev–Trinajstić information content (AvgIpc) is 2.94. The lowest BCUT2D eigenvalue weighted by atomic mass is 10.1. The SMILES string of the molecule is CCCn1nncc1-c1nnc(NC)c2ccccc12. The van der Waals surface area contributed by atoms with E-state index in [-0.39, 0.29) is 0 Å². The predicted octanol–water partition coefficient (Wildman–Crippen LogP) is 2.34. The van der Waals surface area contributed by atoms with Crippen LogP contribution >= 0.6 is 0 Å². The van der Waals surface area contributed by atoms with Gasteiger partial charge in [0.05, 0.1) is 6.20 Å². The van der Waals surface area contributed by atoms with Gasteiger partial charge in [-0.15, -0.1) is 15.3 Å². The van der Waals surface area contributed by atoms with E-state index in [0.29, 0.717) is 0 Å². The molecule has 0 fully saturated rings. The van der Waals surface area contributed by atoms with Crippen LogP contribution in [-0.4, -0.2) is 32.2 Å². The molecule has 6 nitrogen and oxygen atoms in total. The fourth-order valence-electron chi connectivity index (χ4n) is 2.30. The van der Waals surface area contributed by atoms with Crippen molar-refractivity contribution in [3.63, 3.8) is 0 Å². The van der Waals surface area contributed by atoms with E-state index >= 15 is 0 Å². The summed E-state index contributed by atoms with van der Waals surface area (Å²) in [5.74, 6) is 0.777. The van der Waals surface area contributed by atoms with Crippen LogP contribution in [0.15, 0.2) is 30.5 Å². The van der Waals surface area contributed by atoms with Gasteiger partial charge in [0.2, 0.25) is 0 Å². The summed E-state index contributed by atoms with van der Waals surface area (Å²) < 4.78 is 1.87. The Morgan fingerprint density at radius 1 is 1.15 bits per heavy atom. The van der Waals surface area contributed by atoms with Gasteiger partial charge in [-0.2, -0.15) is 0 Å². The Labute approximate surface area is 116 Å². The second-order valence-electron chi connectivity index (χ2n) is 4.54. The number of nitrogens with one attached hydrogen (secondary N) is 1. The molecule has 2 aromatic heterocycles. The molecule has 0 bridgehead atoms. The van der Waals surface area contributed by atoms with Crippen molar-refractivity contribution < 1.29 is 0 Å². The van der Waals surface area contributed by atoms with Crippen LogP contribution in [0.1, 0.15) is 13.3 Å². The van der Waals surface area contributed by atoms with Gasteiger partial charge in [0.15, 0.2) is 5.82 Å². The molecule has 0 radical (unpaired) electrons. The standard InChI is InChI=1S/C14H16N6/c1-3-8-20-12(9-16-19-20)13-10-6-4-5-7-11(10)14(15-2)18-17-13/h4-7,9H,3,8H2,1-2H3,(H,15,18). The van der Waals surface area contributed by atoms with Gasteiger partial charge in [0.25, 0.3) is 0 Å². The smallest absolute Gasteiger partial charge is 0.156 e. The third-order valence-electron chi connectivity index (χ3n) is 3.22. The minimum absolute atomic E-state index is 0.777. The summed E-state index contributed by atoms with van der Waals surface area (Å²) in [5.41, 5.74) is 1.72. The number of rotatable bonds is 4. The van der Waals surface area contributed by atoms with Crippen molar-refractivity contribution in [2.75, 3.05) is 12.4 Å². The Morgan fingerprint density at radius 3 is 2.70 bits per heavy atom. The molecule has 0 spiro atoms. The van der Waals surface area contributed by atoms with E-state index < -0.39 is 0 Å². The first-order valence-corrected chi connectivity index (χ1v) is 6.67. The molecule has 20 heavy (non-hydrogen) atoms. The number of benzene rings is 1. The van der Waals surface area contributed by atoms with Crippen LogP contribution in [0.25, 0.3) is 22.2 Å². The molecule has 0 aliphatic heterocycles. The number of hydrogen-bond acceptors (Lipinski definition) is 5. The Kier molecular flexibility index (Phi) is 3.28. The van der Waals surface area contributed by atoms with Crippen molar-refractivity contribution in [1.82, 2.24) is 25.2 Å². The Hall–Kier alpha value is -2.50. The molecule has 3 rings (SSSR count). The molecule has 1 aromatic carbocycles. The van der Waals surface area contributed by atoms with Gasteiger partial charge < -0.3 is 5.32 Å². The second-order valence-corrected chi connectivity index (χ2v) is 4.54. The molecular weight excluding hydrogens is 252 g/mol. The lowest BCUT2D eigenvalue weighted by Gasteiger charge is -2.09. The van der Waals surface area contributed by atoms with E-state index in [1.165, 1.54) is 0 Å². The van der Waals surface area contributed by atoms with Crippen molar-refractivity contribution in [1.29, 1.82) is 0 Å². The van der Waals surface area contributed by atoms with Crippen LogP contribution in [0, 0.1) is 0 Å². The number of fused-ring (bicyclic) bond motifs is 1. The summed E-state index contributed by atoms with van der Waals surface area (Å²) in [4.78, 5) is 0. The molecule has 1 N–H and O–H groups in total. The Bertz CT molecular complexity index is 733. The summed E-state index contributed by atoms with van der Waals surface area (Å²) in [6.45, 7) is 2.93. The van der Waals surface area contributed by atoms with Gasteiger partial charge in [0.1, 0.15) is 11.4 Å². The van der Waals surface area contributed by atoms with Gasteiger partial charge in [-0.1, -0.05) is 36.4 Å². The van der Waals surface area contributed by atoms with Crippen LogP contribution in [-0.2, 0) is 6.54 Å². The second kappa shape index (κ2) is 5.24. The van der Waals surface area contributed by atoms with Crippen LogP contribution in [0.2, 0.25) is 0 Å². The normalized spacial score (nSPS) is 10.9. The molecular formula is C14H16N6. The minimum atomic E-state index is 0.777. The predicted molar refractivity (Wildman–Crippen MR) is 78.4 cm³/mol. The zero-order valence-electron chi connectivity index (χ0n) is 11.5. The third-order valence-corrected chi connectivity index (χ3v) is 3.22. The zero-order valence-corrected chi connectivity index (χ0v) is 11.5. The maximum absolute atomic E-state index is 4.35. The van der Waals surface area contributed by atoms with Crippen molar-refractivity contribution in [2.45, 2.75) is 19.9 Å². The Morgan fingerprint density at radius 2 is 1.95 bits per heavy atom. The highest BCUT2D eigenvalue weighted by Gasteiger charge is 2.14. The van der Waals surface area contributed by atoms with E-state index in [2.05, 4.69) is 32.7 Å². The number of anilines is 1. The topological polar surface area (TPSA) is 68.5 Å². The largest absolute Gasteiger partial charge is 0.371 e. The molecule has 0 atom stereocenters. The average molecular weight is 268 g/mol. The molecule has 0 unspecified atom stereocenters. The summed E-state index contributed by atoms with van der Waals surface area (Å²) >= 11 is 0. The molecule has 0 aliphatic rings. The lowest BCUT2D eigenvalue weighted by Crippen LogP contribution is -2.04. The van der Waals surface area contributed by atoms with E-state index in [4.69, 9.17) is 0 Å². The minimum Gasteiger partial charge on any atom is -0.371 e. The monoisotopic (exact) mass is 268 g/mol. The van der Waals surface area contributed by atoms with Crippen molar-refractivity contribution in [3.8, 4) is 11.4 Å². The fraction of sp³-hybridized carbons (Fsp3) is 0.286. The van der Waals surface area contributed by atoms with Crippen molar-refractivity contribution >= 4 is 16.6 Å². The van der Waals surface area contributed by atoms with E-state index in [1.807, 2.05) is 36.0 Å². The maximum atomic E-state index is 4.35. The van der Waals surface area contributed by atoms with Crippen LogP contribution < -0.4 is 5.32 Å². The quantitative estimate of drug-likeness (QED) is 0.786. The maximum Gasteiger partial charge on any atom is 0.156 e. The number of hydrogen-bond donors (Lipinski definition) is 1. The summed E-state index contributed by atoms with van der Waals surface area (Å²) in [7, 11) is 1.85. The molecule has 0 saturated carbocycles. The van der Waals surface area contributed by atoms with Gasteiger partial charge >= 0.3 is 0 Å². The molecule has 3 aromatic rings. The number of aromatic nitrogens is 5. The van der Waals surface area contributed by atoms with E-state index in [0.717, 1.165) is 40.9 Å². The first-order valence-electron chi connectivity index (χ1n) is 6.67. The molecule has 102 valence electrons. The molecule has 2 heterocycles. The zero-order chi connectivity index (χ0) is 13.9. The van der Waals surface area contributed by atoms with E-state index in [1.54, 1.807) is 6.20 Å². The highest BCUT2D eigenvalue weighted by atomic mass is 15.4. The van der Waals surface area contributed by atoms with Gasteiger partial charge in [-0.25, -0.2) is 4.68 Å². The first kappa shape index (κ1) is 12.5. The molecule has 0 saturated heterocycles. The highest BCUT2D eigenvalue weighted by molar-refractivity contribution is 5.99. The highest BCUT2D eigenvalue weighted by Crippen LogP contribution is 2.28. The van der Waals surface area contributed by atoms with Gasteiger partial charge in [-0.3, -0.25) is 0 Å². The summed E-state index contributed by atoms with van der Waals surface area (Å²) in [5, 5.41) is 21.9. The number of nitrogens with zero attached hydrogens (tertiary/aromatic N) is 5. The van der Waals surface area contributed by atoms with Gasteiger partial charge in [-0.05, 0) is 6.42 Å². The third kappa shape index (κ3) is 1.99. The fourth-order valence-corrected chi connectivity index (χ4v) is 2.30. The van der Waals surface area contributed by atoms with Crippen LogP contribution in [0.3, 0.4) is 0 Å². The summed E-state index contributed by atoms with van der Waals surface area (Å²) in [6.07, 6.45) is 2.74. The molecule has 6 heteroatoms. The van der Waals surface area contributed by atoms with Crippen molar-refractivity contribution in [2.24, 2.45) is 0 Å². The molecule has 0 amide bonds. The van der Waals surface area contributed by atoms with Crippen molar-refractivity contribution in [3.05, 3.63) is 30.5 Å². The van der Waals surface area contributed by atoms with Gasteiger partial charge in [0, 0.05) is 24.4 Å².